The number of carbonyl (C=O) groups is 2. The highest BCUT2D eigenvalue weighted by atomic mass is 35.5. The zero-order valence-corrected chi connectivity index (χ0v) is 25.6. The molecule has 11 heteroatoms. The average molecular weight is 602 g/mol. The second kappa shape index (κ2) is 13.3. The SMILES string of the molecule is COc1ccc(N(CC(=O)N(Cc2ccc(Cl)cc2)C(C)C(=O)NC(C)(C)C)S(=O)(=O)c2ccccc2)cc1OC. The summed E-state index contributed by atoms with van der Waals surface area (Å²) in [4.78, 5) is 28.6. The summed E-state index contributed by atoms with van der Waals surface area (Å²) in [5, 5.41) is 3.43. The number of carbonyl (C=O) groups excluding carboxylic acids is 2. The van der Waals surface area contributed by atoms with Gasteiger partial charge in [0.15, 0.2) is 11.5 Å². The van der Waals surface area contributed by atoms with Crippen molar-refractivity contribution in [2.75, 3.05) is 25.1 Å². The van der Waals surface area contributed by atoms with Gasteiger partial charge in [0, 0.05) is 23.2 Å². The standard InChI is InChI=1S/C30H36ClN3O6S/c1-21(29(36)32-30(2,3)4)33(19-22-12-14-23(31)15-13-22)28(35)20-34(41(37,38)25-10-8-7-9-11-25)24-16-17-26(39-5)27(18-24)40-6/h7-18,21H,19-20H2,1-6H3,(H,32,36). The summed E-state index contributed by atoms with van der Waals surface area (Å²) < 4.78 is 39.6. The molecule has 9 nitrogen and oxygen atoms in total. The van der Waals surface area contributed by atoms with Crippen LogP contribution in [0.2, 0.25) is 5.02 Å². The summed E-state index contributed by atoms with van der Waals surface area (Å²) in [5.74, 6) is -0.257. The second-order valence-electron chi connectivity index (χ2n) is 10.4. The van der Waals surface area contributed by atoms with Crippen molar-refractivity contribution in [3.8, 4) is 11.5 Å². The average Bonchev–Trinajstić information content (AvgIpc) is 2.94. The molecule has 1 unspecified atom stereocenters. The van der Waals surface area contributed by atoms with Gasteiger partial charge >= 0.3 is 0 Å². The minimum atomic E-state index is -4.21. The van der Waals surface area contributed by atoms with Gasteiger partial charge in [0.2, 0.25) is 11.8 Å². The lowest BCUT2D eigenvalue weighted by Crippen LogP contribution is -2.54. The Hall–Kier alpha value is -3.76. The van der Waals surface area contributed by atoms with E-state index in [0.717, 1.165) is 9.87 Å². The molecule has 3 rings (SSSR count). The number of ether oxygens (including phenoxy) is 2. The van der Waals surface area contributed by atoms with E-state index in [4.69, 9.17) is 21.1 Å². The number of hydrogen-bond acceptors (Lipinski definition) is 6. The Morgan fingerprint density at radius 2 is 1.54 bits per heavy atom. The molecule has 0 aromatic heterocycles. The summed E-state index contributed by atoms with van der Waals surface area (Å²) in [6, 6.07) is 18.4. The molecule has 41 heavy (non-hydrogen) atoms. The third kappa shape index (κ3) is 8.14. The van der Waals surface area contributed by atoms with Crippen LogP contribution in [-0.4, -0.2) is 57.5 Å². The molecule has 0 fully saturated rings. The van der Waals surface area contributed by atoms with Gasteiger partial charge in [-0.05, 0) is 69.7 Å². The molecule has 220 valence electrons. The summed E-state index contributed by atoms with van der Waals surface area (Å²) in [5.41, 5.74) is 0.377. The number of halogens is 1. The zero-order chi connectivity index (χ0) is 30.4. The fourth-order valence-electron chi connectivity index (χ4n) is 4.07. The Kier molecular flexibility index (Phi) is 10.3. The highest BCUT2D eigenvalue weighted by Gasteiger charge is 2.33. The summed E-state index contributed by atoms with van der Waals surface area (Å²) in [6.45, 7) is 6.62. The van der Waals surface area contributed by atoms with Gasteiger partial charge in [0.25, 0.3) is 10.0 Å². The van der Waals surface area contributed by atoms with Gasteiger partial charge in [-0.25, -0.2) is 8.42 Å². The largest absolute Gasteiger partial charge is 0.493 e. The van der Waals surface area contributed by atoms with Gasteiger partial charge in [0.1, 0.15) is 12.6 Å². The van der Waals surface area contributed by atoms with Crippen molar-refractivity contribution in [1.29, 1.82) is 0 Å². The summed E-state index contributed by atoms with van der Waals surface area (Å²) >= 11 is 6.05. The van der Waals surface area contributed by atoms with Gasteiger partial charge in [0.05, 0.1) is 24.8 Å². The Balaban J connectivity index is 2.08. The number of rotatable bonds is 11. The van der Waals surface area contributed by atoms with Crippen molar-refractivity contribution in [3.63, 3.8) is 0 Å². The third-order valence-corrected chi connectivity index (χ3v) is 8.24. The van der Waals surface area contributed by atoms with Crippen LogP contribution in [0.3, 0.4) is 0 Å². The molecule has 0 aliphatic heterocycles. The minimum absolute atomic E-state index is 0.00496. The predicted molar refractivity (Wildman–Crippen MR) is 160 cm³/mol. The molecule has 2 amide bonds. The quantitative estimate of drug-likeness (QED) is 0.336. The maximum absolute atomic E-state index is 14.0. The van der Waals surface area contributed by atoms with E-state index in [-0.39, 0.29) is 23.0 Å². The molecule has 0 radical (unpaired) electrons. The molecule has 3 aromatic rings. The molecule has 0 spiro atoms. The van der Waals surface area contributed by atoms with E-state index in [1.165, 1.54) is 43.4 Å². The first-order valence-electron chi connectivity index (χ1n) is 12.9. The Morgan fingerprint density at radius 3 is 2.10 bits per heavy atom. The maximum Gasteiger partial charge on any atom is 0.264 e. The van der Waals surface area contributed by atoms with E-state index in [1.807, 2.05) is 20.8 Å². The fourth-order valence-corrected chi connectivity index (χ4v) is 5.62. The Labute approximate surface area is 247 Å². The van der Waals surface area contributed by atoms with Crippen molar-refractivity contribution < 1.29 is 27.5 Å². The molecule has 1 N–H and O–H groups in total. The molecule has 0 bridgehead atoms. The summed E-state index contributed by atoms with van der Waals surface area (Å²) in [6.07, 6.45) is 0. The van der Waals surface area contributed by atoms with Crippen LogP contribution in [0.5, 0.6) is 11.5 Å². The fraction of sp³-hybridized carbons (Fsp3) is 0.333. The zero-order valence-electron chi connectivity index (χ0n) is 24.0. The highest BCUT2D eigenvalue weighted by molar-refractivity contribution is 7.92. The lowest BCUT2D eigenvalue weighted by Gasteiger charge is -2.33. The van der Waals surface area contributed by atoms with Gasteiger partial charge in [-0.1, -0.05) is 41.9 Å². The number of sulfonamides is 1. The van der Waals surface area contributed by atoms with Gasteiger partial charge in [-0.15, -0.1) is 0 Å². The van der Waals surface area contributed by atoms with Crippen molar-refractivity contribution in [3.05, 3.63) is 83.4 Å². The van der Waals surface area contributed by atoms with Crippen LogP contribution in [0.15, 0.2) is 77.7 Å². The molecular weight excluding hydrogens is 566 g/mol. The number of benzene rings is 3. The van der Waals surface area contributed by atoms with Crippen LogP contribution in [0.1, 0.15) is 33.3 Å². The minimum Gasteiger partial charge on any atom is -0.493 e. The molecule has 0 aliphatic carbocycles. The molecule has 0 saturated heterocycles. The molecule has 3 aromatic carbocycles. The first kappa shape index (κ1) is 31.8. The topological polar surface area (TPSA) is 105 Å². The first-order valence-corrected chi connectivity index (χ1v) is 14.7. The van der Waals surface area contributed by atoms with Crippen LogP contribution in [-0.2, 0) is 26.2 Å². The van der Waals surface area contributed by atoms with Crippen molar-refractivity contribution in [2.45, 2.75) is 50.7 Å². The Bertz CT molecular complexity index is 1460. The van der Waals surface area contributed by atoms with Crippen LogP contribution < -0.4 is 19.1 Å². The van der Waals surface area contributed by atoms with Gasteiger partial charge in [-0.2, -0.15) is 0 Å². The smallest absolute Gasteiger partial charge is 0.264 e. The number of amides is 2. The molecule has 0 aliphatic rings. The lowest BCUT2D eigenvalue weighted by molar-refractivity contribution is -0.140. The highest BCUT2D eigenvalue weighted by Crippen LogP contribution is 2.34. The molecule has 1 atom stereocenters. The van der Waals surface area contributed by atoms with E-state index >= 15 is 0 Å². The van der Waals surface area contributed by atoms with E-state index in [2.05, 4.69) is 5.32 Å². The number of nitrogens with one attached hydrogen (secondary N) is 1. The lowest BCUT2D eigenvalue weighted by atomic mass is 10.1. The van der Waals surface area contributed by atoms with Crippen LogP contribution >= 0.6 is 11.6 Å². The monoisotopic (exact) mass is 601 g/mol. The van der Waals surface area contributed by atoms with Gasteiger partial charge in [-0.3, -0.25) is 13.9 Å². The molecule has 0 saturated carbocycles. The van der Waals surface area contributed by atoms with Crippen molar-refractivity contribution in [1.82, 2.24) is 10.2 Å². The molecular formula is C30H36ClN3O6S. The normalized spacial score (nSPS) is 12.3. The van der Waals surface area contributed by atoms with E-state index in [1.54, 1.807) is 55.5 Å². The molecule has 0 heterocycles. The van der Waals surface area contributed by atoms with Gasteiger partial charge < -0.3 is 19.7 Å². The third-order valence-electron chi connectivity index (χ3n) is 6.20. The van der Waals surface area contributed by atoms with E-state index in [9.17, 15) is 18.0 Å². The number of methoxy groups -OCH3 is 2. The van der Waals surface area contributed by atoms with Crippen molar-refractivity contribution >= 4 is 39.1 Å². The first-order chi connectivity index (χ1) is 19.3. The number of nitrogens with zero attached hydrogens (tertiary/aromatic N) is 2. The number of anilines is 1. The second-order valence-corrected chi connectivity index (χ2v) is 12.7. The van der Waals surface area contributed by atoms with Crippen LogP contribution in [0.25, 0.3) is 0 Å². The van der Waals surface area contributed by atoms with Crippen molar-refractivity contribution in [2.24, 2.45) is 0 Å². The maximum atomic E-state index is 14.0. The predicted octanol–water partition coefficient (Wildman–Crippen LogP) is 4.88. The van der Waals surface area contributed by atoms with Crippen LogP contribution in [0.4, 0.5) is 5.69 Å². The summed E-state index contributed by atoms with van der Waals surface area (Å²) in [7, 11) is -1.30. The number of hydrogen-bond donors (Lipinski definition) is 1. The van der Waals surface area contributed by atoms with Crippen LogP contribution in [0, 0.1) is 0 Å². The van der Waals surface area contributed by atoms with E-state index in [0.29, 0.717) is 16.5 Å². The Morgan fingerprint density at radius 1 is 0.927 bits per heavy atom. The van der Waals surface area contributed by atoms with E-state index < -0.39 is 34.1 Å².